The van der Waals surface area contributed by atoms with Gasteiger partial charge in [-0.3, -0.25) is 0 Å². The second-order valence-electron chi connectivity index (χ2n) is 3.45. The van der Waals surface area contributed by atoms with Crippen molar-refractivity contribution in [3.8, 4) is 11.6 Å². The van der Waals surface area contributed by atoms with Crippen molar-refractivity contribution in [3.05, 3.63) is 50.8 Å². The van der Waals surface area contributed by atoms with Crippen LogP contribution in [0.25, 0.3) is 0 Å². The summed E-state index contributed by atoms with van der Waals surface area (Å²) in [5, 5.41) is 0. The van der Waals surface area contributed by atoms with Crippen LogP contribution in [0.4, 0.5) is 4.39 Å². The maximum absolute atomic E-state index is 13.1. The smallest absolute Gasteiger partial charge is 0.219 e. The molecule has 0 aliphatic rings. The summed E-state index contributed by atoms with van der Waals surface area (Å²) in [7, 11) is 0. The largest absolute Gasteiger partial charge is 0.438 e. The van der Waals surface area contributed by atoms with Crippen LogP contribution >= 0.6 is 31.9 Å². The first-order valence-corrected chi connectivity index (χ1v) is 6.40. The number of pyridine rings is 1. The van der Waals surface area contributed by atoms with Crippen molar-refractivity contribution in [2.75, 3.05) is 0 Å². The Bertz CT molecular complexity index is 560. The van der Waals surface area contributed by atoms with Crippen molar-refractivity contribution in [1.82, 2.24) is 4.98 Å². The van der Waals surface area contributed by atoms with Crippen LogP contribution in [0.3, 0.4) is 0 Å². The SMILES string of the molecule is Cc1cc(Oc2cc(F)ccc2Br)ncc1Br. The molecule has 5 heteroatoms. The van der Waals surface area contributed by atoms with E-state index < -0.39 is 0 Å². The summed E-state index contributed by atoms with van der Waals surface area (Å²) in [6.07, 6.45) is 1.65. The highest BCUT2D eigenvalue weighted by Crippen LogP contribution is 2.30. The highest BCUT2D eigenvalue weighted by Gasteiger charge is 2.06. The van der Waals surface area contributed by atoms with Gasteiger partial charge >= 0.3 is 0 Å². The third-order valence-electron chi connectivity index (χ3n) is 2.13. The van der Waals surface area contributed by atoms with Gasteiger partial charge in [-0.2, -0.15) is 0 Å². The first kappa shape index (κ1) is 12.5. The monoisotopic (exact) mass is 359 g/mol. The van der Waals surface area contributed by atoms with Crippen molar-refractivity contribution in [2.45, 2.75) is 6.92 Å². The molecular weight excluding hydrogens is 353 g/mol. The fourth-order valence-corrected chi connectivity index (χ4v) is 1.78. The molecular formula is C12H8Br2FNO. The number of rotatable bonds is 2. The van der Waals surface area contributed by atoms with E-state index in [0.717, 1.165) is 10.0 Å². The molecule has 0 bridgehead atoms. The third-order valence-corrected chi connectivity index (χ3v) is 3.61. The first-order chi connectivity index (χ1) is 8.06. The van der Waals surface area contributed by atoms with Crippen LogP contribution in [0.1, 0.15) is 5.56 Å². The molecule has 0 aliphatic heterocycles. The van der Waals surface area contributed by atoms with Crippen molar-refractivity contribution in [2.24, 2.45) is 0 Å². The average Bonchev–Trinajstić information content (AvgIpc) is 2.29. The minimum Gasteiger partial charge on any atom is -0.438 e. The fourth-order valence-electron chi connectivity index (χ4n) is 1.24. The number of benzene rings is 1. The molecule has 0 spiro atoms. The lowest BCUT2D eigenvalue weighted by atomic mass is 10.3. The van der Waals surface area contributed by atoms with Crippen molar-refractivity contribution in [1.29, 1.82) is 0 Å². The Hall–Kier alpha value is -0.940. The standard InChI is InChI=1S/C12H8Br2FNO/c1-7-4-12(16-6-10(7)14)17-11-5-8(15)2-3-9(11)13/h2-6H,1H3. The van der Waals surface area contributed by atoms with Crippen LogP contribution in [0.2, 0.25) is 0 Å². The highest BCUT2D eigenvalue weighted by atomic mass is 79.9. The number of hydrogen-bond acceptors (Lipinski definition) is 2. The van der Waals surface area contributed by atoms with E-state index in [1.165, 1.54) is 12.1 Å². The molecule has 0 saturated carbocycles. The van der Waals surface area contributed by atoms with E-state index in [9.17, 15) is 4.39 Å². The maximum atomic E-state index is 13.1. The lowest BCUT2D eigenvalue weighted by molar-refractivity contribution is 0.454. The van der Waals surface area contributed by atoms with Crippen LogP contribution in [0.5, 0.6) is 11.6 Å². The van der Waals surface area contributed by atoms with Crippen LogP contribution in [-0.4, -0.2) is 4.98 Å². The molecule has 2 nitrogen and oxygen atoms in total. The molecule has 17 heavy (non-hydrogen) atoms. The zero-order valence-corrected chi connectivity index (χ0v) is 12.0. The van der Waals surface area contributed by atoms with Gasteiger partial charge < -0.3 is 4.74 Å². The van der Waals surface area contributed by atoms with Crippen LogP contribution in [0, 0.1) is 12.7 Å². The van der Waals surface area contributed by atoms with Gasteiger partial charge in [0.2, 0.25) is 5.88 Å². The van der Waals surface area contributed by atoms with E-state index in [1.54, 1.807) is 18.3 Å². The van der Waals surface area contributed by atoms with Gasteiger partial charge in [0.05, 0.1) is 4.47 Å². The molecule has 2 aromatic rings. The molecule has 1 aromatic carbocycles. The minimum absolute atomic E-state index is 0.350. The van der Waals surface area contributed by atoms with Crippen LogP contribution in [0.15, 0.2) is 39.4 Å². The van der Waals surface area contributed by atoms with Gasteiger partial charge in [-0.25, -0.2) is 9.37 Å². The number of ether oxygens (including phenoxy) is 1. The van der Waals surface area contributed by atoms with Crippen LogP contribution in [-0.2, 0) is 0 Å². The Balaban J connectivity index is 2.31. The number of nitrogens with zero attached hydrogens (tertiary/aromatic N) is 1. The number of aromatic nitrogens is 1. The zero-order chi connectivity index (χ0) is 12.4. The van der Waals surface area contributed by atoms with Crippen molar-refractivity contribution < 1.29 is 9.13 Å². The van der Waals surface area contributed by atoms with Gasteiger partial charge in [0.25, 0.3) is 0 Å². The number of halogens is 3. The van der Waals surface area contributed by atoms with Gasteiger partial charge in [-0.1, -0.05) is 0 Å². The Morgan fingerprint density at radius 1 is 1.18 bits per heavy atom. The second-order valence-corrected chi connectivity index (χ2v) is 5.16. The molecule has 0 atom stereocenters. The summed E-state index contributed by atoms with van der Waals surface area (Å²) in [6, 6.07) is 6.04. The maximum Gasteiger partial charge on any atom is 0.219 e. The Kier molecular flexibility index (Phi) is 3.79. The normalized spacial score (nSPS) is 10.4. The molecule has 0 radical (unpaired) electrons. The molecule has 0 N–H and O–H groups in total. The first-order valence-electron chi connectivity index (χ1n) is 4.81. The molecule has 1 heterocycles. The number of aryl methyl sites for hydroxylation is 1. The Morgan fingerprint density at radius 3 is 2.65 bits per heavy atom. The fraction of sp³-hybridized carbons (Fsp3) is 0.0833. The lowest BCUT2D eigenvalue weighted by Gasteiger charge is -2.08. The van der Waals surface area contributed by atoms with E-state index in [-0.39, 0.29) is 5.82 Å². The predicted octanol–water partition coefficient (Wildman–Crippen LogP) is 4.85. The van der Waals surface area contributed by atoms with Gasteiger partial charge in [0.15, 0.2) is 0 Å². The lowest BCUT2D eigenvalue weighted by Crippen LogP contribution is -1.91. The van der Waals surface area contributed by atoms with Crippen molar-refractivity contribution in [3.63, 3.8) is 0 Å². The third kappa shape index (κ3) is 3.04. The van der Waals surface area contributed by atoms with E-state index in [0.29, 0.717) is 16.1 Å². The predicted molar refractivity (Wildman–Crippen MR) is 70.8 cm³/mol. The summed E-state index contributed by atoms with van der Waals surface area (Å²) in [6.45, 7) is 1.93. The molecule has 0 saturated heterocycles. The van der Waals surface area contributed by atoms with Crippen molar-refractivity contribution >= 4 is 31.9 Å². The van der Waals surface area contributed by atoms with Gasteiger partial charge in [-0.05, 0) is 56.5 Å². The Labute approximate surface area is 115 Å². The second kappa shape index (κ2) is 5.14. The molecule has 0 unspecified atom stereocenters. The summed E-state index contributed by atoms with van der Waals surface area (Å²) in [5.41, 5.74) is 1.00. The Morgan fingerprint density at radius 2 is 1.94 bits per heavy atom. The molecule has 0 aliphatic carbocycles. The van der Waals surface area contributed by atoms with Gasteiger partial charge in [0.1, 0.15) is 11.6 Å². The highest BCUT2D eigenvalue weighted by molar-refractivity contribution is 9.10. The van der Waals surface area contributed by atoms with E-state index in [2.05, 4.69) is 36.8 Å². The van der Waals surface area contributed by atoms with Crippen LogP contribution < -0.4 is 4.74 Å². The number of hydrogen-bond donors (Lipinski definition) is 0. The zero-order valence-electron chi connectivity index (χ0n) is 8.88. The summed E-state index contributed by atoms with van der Waals surface area (Å²) in [5.74, 6) is 0.480. The molecule has 1 aromatic heterocycles. The summed E-state index contributed by atoms with van der Waals surface area (Å²) < 4.78 is 20.2. The van der Waals surface area contributed by atoms with E-state index in [4.69, 9.17) is 4.74 Å². The topological polar surface area (TPSA) is 22.1 Å². The van der Waals surface area contributed by atoms with E-state index >= 15 is 0 Å². The molecule has 2 rings (SSSR count). The summed E-state index contributed by atoms with van der Waals surface area (Å²) in [4.78, 5) is 4.09. The van der Waals surface area contributed by atoms with Gasteiger partial charge in [0, 0.05) is 22.8 Å². The molecule has 0 amide bonds. The molecule has 0 fully saturated rings. The molecule has 88 valence electrons. The summed E-state index contributed by atoms with van der Waals surface area (Å²) >= 11 is 6.65. The quantitative estimate of drug-likeness (QED) is 0.763. The average molecular weight is 361 g/mol. The van der Waals surface area contributed by atoms with E-state index in [1.807, 2.05) is 6.92 Å². The van der Waals surface area contributed by atoms with Gasteiger partial charge in [-0.15, -0.1) is 0 Å². The minimum atomic E-state index is -0.350.